The number of para-hydroxylation sites is 3. The molecule has 0 amide bonds. The van der Waals surface area contributed by atoms with Crippen molar-refractivity contribution in [1.29, 1.82) is 0 Å². The van der Waals surface area contributed by atoms with Gasteiger partial charge in [0, 0.05) is 78.3 Å². The lowest BCUT2D eigenvalue weighted by atomic mass is 9.98. The fraction of sp³-hybridized carbons (Fsp3) is 0. The van der Waals surface area contributed by atoms with Gasteiger partial charge in [0.25, 0.3) is 0 Å². The summed E-state index contributed by atoms with van der Waals surface area (Å²) in [6.45, 7) is 4.50. The van der Waals surface area contributed by atoms with Gasteiger partial charge in [-0.2, -0.15) is 0 Å². The van der Waals surface area contributed by atoms with E-state index in [1.54, 1.807) is 0 Å². The SMILES string of the molecule is C=C(/C=C\c1cc2nc(-c3cccc4oc5c(c34)C=C=C=C5)nc(-c3cccc4oc5ccc(-c6ccc7c(c6)c6ccccc6n7-c6ccccc6)cc5c34)c2o1)c1cccc2oc3ccccc3c12. The largest absolute Gasteiger partial charge is 0.456 e. The van der Waals surface area contributed by atoms with E-state index < -0.39 is 0 Å². The molecule has 1 aliphatic carbocycles. The molecule has 14 aromatic rings. The summed E-state index contributed by atoms with van der Waals surface area (Å²) in [6.07, 6.45) is 7.64. The van der Waals surface area contributed by atoms with E-state index >= 15 is 0 Å². The van der Waals surface area contributed by atoms with Crippen LogP contribution in [0.4, 0.5) is 0 Å². The van der Waals surface area contributed by atoms with Crippen molar-refractivity contribution in [3.8, 4) is 39.5 Å². The summed E-state index contributed by atoms with van der Waals surface area (Å²) >= 11 is 0. The van der Waals surface area contributed by atoms with Gasteiger partial charge in [0.05, 0.1) is 11.0 Å². The van der Waals surface area contributed by atoms with Crippen LogP contribution >= 0.6 is 0 Å². The van der Waals surface area contributed by atoms with Gasteiger partial charge < -0.3 is 22.2 Å². The van der Waals surface area contributed by atoms with Gasteiger partial charge in [-0.1, -0.05) is 127 Å². The number of furan rings is 4. The first-order chi connectivity index (χ1) is 35.1. The van der Waals surface area contributed by atoms with E-state index in [2.05, 4.69) is 132 Å². The van der Waals surface area contributed by atoms with Crippen molar-refractivity contribution in [2.24, 2.45) is 0 Å². The monoisotopic (exact) mass is 909 g/mol. The lowest BCUT2D eigenvalue weighted by Gasteiger charge is -2.09. The Labute approximate surface area is 404 Å². The van der Waals surface area contributed by atoms with E-state index in [1.165, 1.54) is 16.3 Å². The van der Waals surface area contributed by atoms with Gasteiger partial charge >= 0.3 is 0 Å². The third-order valence-electron chi connectivity index (χ3n) is 13.9. The van der Waals surface area contributed by atoms with Crippen molar-refractivity contribution in [2.45, 2.75) is 0 Å². The Morgan fingerprint density at radius 3 is 2.06 bits per heavy atom. The molecule has 6 aromatic heterocycles. The number of nitrogens with zero attached hydrogens (tertiary/aromatic N) is 3. The molecule has 6 heterocycles. The molecular weight excluding hydrogens is 875 g/mol. The summed E-state index contributed by atoms with van der Waals surface area (Å²) in [5.74, 6) is 1.85. The molecule has 0 fully saturated rings. The minimum absolute atomic E-state index is 0.529. The molecular formula is C64H35N3O4. The number of benzene rings is 8. The van der Waals surface area contributed by atoms with E-state index in [-0.39, 0.29) is 0 Å². The van der Waals surface area contributed by atoms with Crippen LogP contribution in [0.1, 0.15) is 22.6 Å². The molecule has 0 saturated heterocycles. The van der Waals surface area contributed by atoms with Crippen molar-refractivity contribution in [1.82, 2.24) is 14.5 Å². The number of aromatic nitrogens is 3. The summed E-state index contributed by atoms with van der Waals surface area (Å²) in [4.78, 5) is 10.7. The topological polar surface area (TPSA) is 83.3 Å². The van der Waals surface area contributed by atoms with Crippen LogP contribution < -0.4 is 0 Å². The third kappa shape index (κ3) is 5.99. The third-order valence-corrected chi connectivity index (χ3v) is 13.9. The lowest BCUT2D eigenvalue weighted by molar-refractivity contribution is 0.603. The predicted octanol–water partition coefficient (Wildman–Crippen LogP) is 17.4. The molecule has 0 atom stereocenters. The maximum atomic E-state index is 6.83. The zero-order chi connectivity index (χ0) is 46.7. The molecule has 7 heteroatoms. The quantitative estimate of drug-likeness (QED) is 0.117. The number of fused-ring (bicyclic) bond motifs is 13. The summed E-state index contributed by atoms with van der Waals surface area (Å²) in [6, 6.07) is 60.6. The van der Waals surface area contributed by atoms with E-state index in [0.29, 0.717) is 34.1 Å². The Bertz CT molecular complexity index is 4750. The Kier molecular flexibility index (Phi) is 8.29. The van der Waals surface area contributed by atoms with Gasteiger partial charge in [0.2, 0.25) is 0 Å². The number of hydrogen-bond acceptors (Lipinski definition) is 6. The Morgan fingerprint density at radius 2 is 1.18 bits per heavy atom. The highest BCUT2D eigenvalue weighted by molar-refractivity contribution is 6.16. The van der Waals surface area contributed by atoms with Gasteiger partial charge in [-0.05, 0) is 95.1 Å². The molecule has 0 aliphatic heterocycles. The molecule has 8 aromatic carbocycles. The lowest BCUT2D eigenvalue weighted by Crippen LogP contribution is -1.95. The second-order valence-electron chi connectivity index (χ2n) is 17.9. The number of hydrogen-bond donors (Lipinski definition) is 0. The summed E-state index contributed by atoms with van der Waals surface area (Å²) in [7, 11) is 0. The minimum atomic E-state index is 0.529. The maximum absolute atomic E-state index is 6.83. The van der Waals surface area contributed by atoms with Gasteiger partial charge in [0.15, 0.2) is 11.4 Å². The molecule has 0 radical (unpaired) electrons. The molecule has 15 rings (SSSR count). The smallest absolute Gasteiger partial charge is 0.179 e. The summed E-state index contributed by atoms with van der Waals surface area (Å²) < 4.78 is 28.3. The molecule has 7 nitrogen and oxygen atoms in total. The highest BCUT2D eigenvalue weighted by atomic mass is 16.3. The first-order valence-electron chi connectivity index (χ1n) is 23.5. The standard InChI is InChI=1S/C64H35N3O4/c1-37(42-19-11-25-56-59(42)44-17-6-9-23-53(44)69-56)28-31-41-36-50-63(68-41)62(66-64(65-50)47-21-13-27-57-60(47)45-18-7-10-24-54(45)70-57)46-20-12-26-58-61(46)49-35-39(30-33-55(49)71-58)38-29-32-52-48(34-38)43-16-5-8-22-51(43)67(52)40-14-3-2-4-15-40/h2-6,8-9,11-36H,1H2/b31-28-. The van der Waals surface area contributed by atoms with Crippen molar-refractivity contribution >= 4 is 112 Å². The second-order valence-corrected chi connectivity index (χ2v) is 17.9. The maximum Gasteiger partial charge on any atom is 0.179 e. The average molecular weight is 910 g/mol. The molecule has 330 valence electrons. The van der Waals surface area contributed by atoms with E-state index in [9.17, 15) is 0 Å². The highest BCUT2D eigenvalue weighted by Gasteiger charge is 2.24. The average Bonchev–Trinajstić information content (AvgIpc) is 4.26. The van der Waals surface area contributed by atoms with Gasteiger partial charge in [-0.3, -0.25) is 0 Å². The van der Waals surface area contributed by atoms with Crippen LogP contribution in [-0.4, -0.2) is 14.5 Å². The van der Waals surface area contributed by atoms with Crippen molar-refractivity contribution in [3.05, 3.63) is 223 Å². The Morgan fingerprint density at radius 1 is 0.507 bits per heavy atom. The van der Waals surface area contributed by atoms with Crippen molar-refractivity contribution < 1.29 is 17.7 Å². The Balaban J connectivity index is 0.908. The minimum Gasteiger partial charge on any atom is -0.456 e. The Hall–Kier alpha value is -9.90. The molecule has 0 saturated carbocycles. The molecule has 0 spiro atoms. The zero-order valence-corrected chi connectivity index (χ0v) is 37.7. The molecule has 1 aliphatic rings. The molecule has 0 unspecified atom stereocenters. The van der Waals surface area contributed by atoms with Gasteiger partial charge in [-0.15, -0.1) is 0 Å². The van der Waals surface area contributed by atoms with Crippen LogP contribution in [0.3, 0.4) is 0 Å². The highest BCUT2D eigenvalue weighted by Crippen LogP contribution is 2.44. The molecule has 0 N–H and O–H groups in total. The first-order valence-corrected chi connectivity index (χ1v) is 23.5. The first kappa shape index (κ1) is 39.1. The zero-order valence-electron chi connectivity index (χ0n) is 37.7. The predicted molar refractivity (Wildman–Crippen MR) is 287 cm³/mol. The number of rotatable bonds is 7. The fourth-order valence-electron chi connectivity index (χ4n) is 10.7. The van der Waals surface area contributed by atoms with E-state index in [0.717, 1.165) is 105 Å². The summed E-state index contributed by atoms with van der Waals surface area (Å²) in [5.41, 5.74) is 21.9. The van der Waals surface area contributed by atoms with Gasteiger partial charge in [0.1, 0.15) is 50.6 Å². The van der Waals surface area contributed by atoms with E-state index in [4.69, 9.17) is 27.6 Å². The van der Waals surface area contributed by atoms with Crippen LogP contribution in [0, 0.1) is 0 Å². The van der Waals surface area contributed by atoms with Crippen LogP contribution in [0.5, 0.6) is 0 Å². The summed E-state index contributed by atoms with van der Waals surface area (Å²) in [5, 5.41) is 7.25. The van der Waals surface area contributed by atoms with Crippen molar-refractivity contribution in [2.75, 3.05) is 0 Å². The van der Waals surface area contributed by atoms with Crippen LogP contribution in [-0.2, 0) is 0 Å². The molecule has 71 heavy (non-hydrogen) atoms. The van der Waals surface area contributed by atoms with Crippen LogP contribution in [0.15, 0.2) is 218 Å². The van der Waals surface area contributed by atoms with Crippen LogP contribution in [0.2, 0.25) is 0 Å². The van der Waals surface area contributed by atoms with E-state index in [1.807, 2.05) is 91.0 Å². The van der Waals surface area contributed by atoms with Crippen molar-refractivity contribution in [3.63, 3.8) is 0 Å². The number of allylic oxidation sites excluding steroid dienone is 2. The van der Waals surface area contributed by atoms with Crippen LogP contribution in [0.25, 0.3) is 151 Å². The fourth-order valence-corrected chi connectivity index (χ4v) is 10.7. The normalized spacial score (nSPS) is 12.5. The van der Waals surface area contributed by atoms with Gasteiger partial charge in [-0.25, -0.2) is 9.97 Å². The second kappa shape index (κ2) is 15.1. The molecule has 0 bridgehead atoms.